The average Bonchev–Trinajstić information content (AvgIpc) is 2.37. The normalized spacial score (nSPS) is 20.8. The number of hydrogen-bond donors (Lipinski definition) is 2. The first-order valence-corrected chi connectivity index (χ1v) is 6.45. The lowest BCUT2D eigenvalue weighted by Gasteiger charge is -2.33. The van der Waals surface area contributed by atoms with E-state index in [4.69, 9.17) is 5.11 Å². The summed E-state index contributed by atoms with van der Waals surface area (Å²) in [5, 5.41) is 12.1. The van der Waals surface area contributed by atoms with Crippen LogP contribution in [0.5, 0.6) is 0 Å². The van der Waals surface area contributed by atoms with Crippen molar-refractivity contribution in [3.63, 3.8) is 0 Å². The monoisotopic (exact) mass is 248 g/mol. The molecule has 18 heavy (non-hydrogen) atoms. The van der Waals surface area contributed by atoms with Crippen LogP contribution < -0.4 is 5.32 Å². The van der Waals surface area contributed by atoms with Crippen molar-refractivity contribution in [1.82, 2.24) is 10.2 Å². The first-order valence-electron chi connectivity index (χ1n) is 6.45. The molecule has 4 nitrogen and oxygen atoms in total. The molecule has 0 aliphatic carbocycles. The van der Waals surface area contributed by atoms with Crippen LogP contribution in [0.15, 0.2) is 30.3 Å². The van der Waals surface area contributed by atoms with E-state index in [0.29, 0.717) is 0 Å². The van der Waals surface area contributed by atoms with Gasteiger partial charge in [-0.2, -0.15) is 0 Å². The Bertz CT molecular complexity index is 381. The Hall–Kier alpha value is -1.39. The first kappa shape index (κ1) is 13.1. The molecule has 1 heterocycles. The summed E-state index contributed by atoms with van der Waals surface area (Å²) in [4.78, 5) is 13.0. The summed E-state index contributed by atoms with van der Waals surface area (Å²) in [6.45, 7) is 3.72. The Labute approximate surface area is 108 Å². The number of benzene rings is 1. The van der Waals surface area contributed by atoms with Crippen LogP contribution in [0.2, 0.25) is 0 Å². The third kappa shape index (κ3) is 4.13. The van der Waals surface area contributed by atoms with Gasteiger partial charge in [0.05, 0.1) is 6.42 Å². The third-order valence-corrected chi connectivity index (χ3v) is 3.32. The van der Waals surface area contributed by atoms with Gasteiger partial charge in [0.1, 0.15) is 0 Å². The third-order valence-electron chi connectivity index (χ3n) is 3.32. The van der Waals surface area contributed by atoms with E-state index in [0.717, 1.165) is 32.6 Å². The van der Waals surface area contributed by atoms with Gasteiger partial charge in [0.2, 0.25) is 0 Å². The van der Waals surface area contributed by atoms with E-state index in [9.17, 15) is 4.79 Å². The molecule has 1 saturated heterocycles. The highest BCUT2D eigenvalue weighted by molar-refractivity contribution is 5.67. The minimum Gasteiger partial charge on any atom is -0.481 e. The molecule has 1 atom stereocenters. The van der Waals surface area contributed by atoms with Gasteiger partial charge >= 0.3 is 5.97 Å². The zero-order valence-electron chi connectivity index (χ0n) is 10.5. The van der Waals surface area contributed by atoms with Crippen molar-refractivity contribution in [1.29, 1.82) is 0 Å². The number of carboxylic acid groups (broad SMARTS) is 1. The molecule has 1 aromatic rings. The van der Waals surface area contributed by atoms with Crippen LogP contribution in [-0.2, 0) is 11.2 Å². The second kappa shape index (κ2) is 6.52. The Morgan fingerprint density at radius 2 is 2.17 bits per heavy atom. The molecule has 1 unspecified atom stereocenters. The zero-order chi connectivity index (χ0) is 12.8. The molecule has 2 rings (SSSR count). The number of carboxylic acids is 1. The lowest BCUT2D eigenvalue weighted by atomic mass is 10.1. The SMILES string of the molecule is O=C(O)CC1CN(CCc2ccccc2)CCN1. The van der Waals surface area contributed by atoms with Crippen molar-refractivity contribution >= 4 is 5.97 Å². The molecule has 0 aromatic heterocycles. The van der Waals surface area contributed by atoms with E-state index in [1.54, 1.807) is 0 Å². The fourth-order valence-corrected chi connectivity index (χ4v) is 2.38. The number of nitrogens with one attached hydrogen (secondary N) is 1. The molecule has 1 aliphatic rings. The molecule has 1 aromatic carbocycles. The Morgan fingerprint density at radius 3 is 2.89 bits per heavy atom. The molecule has 2 N–H and O–H groups in total. The molecule has 4 heteroatoms. The van der Waals surface area contributed by atoms with Crippen LogP contribution >= 0.6 is 0 Å². The molecule has 1 fully saturated rings. The van der Waals surface area contributed by atoms with Gasteiger partial charge in [-0.1, -0.05) is 30.3 Å². The number of carbonyl (C=O) groups is 1. The largest absolute Gasteiger partial charge is 0.481 e. The van der Waals surface area contributed by atoms with E-state index in [1.807, 2.05) is 6.07 Å². The van der Waals surface area contributed by atoms with Crippen molar-refractivity contribution in [2.75, 3.05) is 26.2 Å². The molecule has 0 spiro atoms. The first-order chi connectivity index (χ1) is 8.74. The van der Waals surface area contributed by atoms with Gasteiger partial charge in [-0.3, -0.25) is 4.79 Å². The van der Waals surface area contributed by atoms with E-state index in [-0.39, 0.29) is 12.5 Å². The van der Waals surface area contributed by atoms with Gasteiger partial charge in [0.15, 0.2) is 0 Å². The maximum Gasteiger partial charge on any atom is 0.304 e. The Kier molecular flexibility index (Phi) is 4.73. The molecule has 0 bridgehead atoms. The fourth-order valence-electron chi connectivity index (χ4n) is 2.38. The molecule has 98 valence electrons. The van der Waals surface area contributed by atoms with Gasteiger partial charge in [0, 0.05) is 32.2 Å². The minimum absolute atomic E-state index is 0.0898. The molecule has 0 saturated carbocycles. The molecular formula is C14H20N2O2. The summed E-state index contributed by atoms with van der Waals surface area (Å²) in [7, 11) is 0. The summed E-state index contributed by atoms with van der Waals surface area (Å²) >= 11 is 0. The van der Waals surface area contributed by atoms with Gasteiger partial charge in [-0.05, 0) is 12.0 Å². The predicted octanol–water partition coefficient (Wildman–Crippen LogP) is 0.978. The van der Waals surface area contributed by atoms with E-state index >= 15 is 0 Å². The Morgan fingerprint density at radius 1 is 1.39 bits per heavy atom. The van der Waals surface area contributed by atoms with E-state index in [2.05, 4.69) is 34.5 Å². The quantitative estimate of drug-likeness (QED) is 0.815. The van der Waals surface area contributed by atoms with Crippen molar-refractivity contribution < 1.29 is 9.90 Å². The summed E-state index contributed by atoms with van der Waals surface area (Å²) in [6, 6.07) is 10.5. The molecule has 1 aliphatic heterocycles. The predicted molar refractivity (Wildman–Crippen MR) is 70.6 cm³/mol. The van der Waals surface area contributed by atoms with Crippen LogP contribution in [-0.4, -0.2) is 48.2 Å². The number of nitrogens with zero attached hydrogens (tertiary/aromatic N) is 1. The van der Waals surface area contributed by atoms with Crippen LogP contribution in [0.3, 0.4) is 0 Å². The second-order valence-electron chi connectivity index (χ2n) is 4.79. The van der Waals surface area contributed by atoms with Crippen molar-refractivity contribution in [3.8, 4) is 0 Å². The van der Waals surface area contributed by atoms with Crippen LogP contribution in [0.25, 0.3) is 0 Å². The van der Waals surface area contributed by atoms with Crippen LogP contribution in [0.1, 0.15) is 12.0 Å². The molecular weight excluding hydrogens is 228 g/mol. The topological polar surface area (TPSA) is 52.6 Å². The summed E-state index contributed by atoms with van der Waals surface area (Å²) in [5.41, 5.74) is 1.34. The molecule has 0 amide bonds. The Balaban J connectivity index is 1.77. The highest BCUT2D eigenvalue weighted by Gasteiger charge is 2.20. The maximum absolute atomic E-state index is 10.7. The highest BCUT2D eigenvalue weighted by atomic mass is 16.4. The van der Waals surface area contributed by atoms with Crippen molar-refractivity contribution in [2.45, 2.75) is 18.9 Å². The van der Waals surface area contributed by atoms with Crippen molar-refractivity contribution in [2.24, 2.45) is 0 Å². The van der Waals surface area contributed by atoms with E-state index < -0.39 is 5.97 Å². The standard InChI is InChI=1S/C14H20N2O2/c17-14(18)10-13-11-16(9-7-15-13)8-6-12-4-2-1-3-5-12/h1-5,13,15H,6-11H2,(H,17,18). The number of hydrogen-bond acceptors (Lipinski definition) is 3. The lowest BCUT2D eigenvalue weighted by molar-refractivity contribution is -0.137. The summed E-state index contributed by atoms with van der Waals surface area (Å²) in [5.74, 6) is -0.725. The second-order valence-corrected chi connectivity index (χ2v) is 4.79. The van der Waals surface area contributed by atoms with Crippen molar-refractivity contribution in [3.05, 3.63) is 35.9 Å². The van der Waals surface area contributed by atoms with Gasteiger partial charge in [-0.25, -0.2) is 0 Å². The van der Waals surface area contributed by atoms with Crippen LogP contribution in [0, 0.1) is 0 Å². The number of rotatable bonds is 5. The highest BCUT2D eigenvalue weighted by Crippen LogP contribution is 2.06. The maximum atomic E-state index is 10.7. The summed E-state index contributed by atoms with van der Waals surface area (Å²) < 4.78 is 0. The van der Waals surface area contributed by atoms with Gasteiger partial charge < -0.3 is 15.3 Å². The minimum atomic E-state index is -0.725. The smallest absolute Gasteiger partial charge is 0.304 e. The number of aliphatic carboxylic acids is 1. The van der Waals surface area contributed by atoms with Gasteiger partial charge in [0.25, 0.3) is 0 Å². The molecule has 0 radical (unpaired) electrons. The average molecular weight is 248 g/mol. The lowest BCUT2D eigenvalue weighted by Crippen LogP contribution is -2.51. The fraction of sp³-hybridized carbons (Fsp3) is 0.500. The summed E-state index contributed by atoms with van der Waals surface area (Å²) in [6.07, 6.45) is 1.24. The van der Waals surface area contributed by atoms with Crippen LogP contribution in [0.4, 0.5) is 0 Å². The van der Waals surface area contributed by atoms with Gasteiger partial charge in [-0.15, -0.1) is 0 Å². The van der Waals surface area contributed by atoms with E-state index in [1.165, 1.54) is 5.56 Å². The number of piperazine rings is 1. The zero-order valence-corrected chi connectivity index (χ0v) is 10.5.